The Morgan fingerprint density at radius 1 is 1.07 bits per heavy atom. The largest absolute Gasteiger partial charge is 0.369 e. The van der Waals surface area contributed by atoms with Gasteiger partial charge in [-0.25, -0.2) is 9.07 Å². The summed E-state index contributed by atoms with van der Waals surface area (Å²) < 4.78 is 15.2. The third-order valence-electron chi connectivity index (χ3n) is 5.38. The maximum Gasteiger partial charge on any atom is 0.168 e. The number of anilines is 1. The Morgan fingerprint density at radius 3 is 2.48 bits per heavy atom. The molecule has 3 aromatic rings. The van der Waals surface area contributed by atoms with Gasteiger partial charge in [0, 0.05) is 36.7 Å². The highest BCUT2D eigenvalue weighted by molar-refractivity contribution is 7.09. The Kier molecular flexibility index (Phi) is 6.20. The summed E-state index contributed by atoms with van der Waals surface area (Å²) in [6, 6.07) is 11.2. The lowest BCUT2D eigenvalue weighted by Crippen LogP contribution is -2.48. The number of halogens is 1. The van der Waals surface area contributed by atoms with Crippen molar-refractivity contribution in [3.8, 4) is 0 Å². The predicted molar refractivity (Wildman–Crippen MR) is 114 cm³/mol. The van der Waals surface area contributed by atoms with Gasteiger partial charge in [0.25, 0.3) is 0 Å². The molecule has 0 bridgehead atoms. The van der Waals surface area contributed by atoms with E-state index in [0.717, 1.165) is 44.1 Å². The van der Waals surface area contributed by atoms with Crippen LogP contribution in [0.2, 0.25) is 0 Å². The summed E-state index contributed by atoms with van der Waals surface area (Å²) in [5.74, 6) is 1.30. The second-order valence-electron chi connectivity index (χ2n) is 7.92. The van der Waals surface area contributed by atoms with Gasteiger partial charge < -0.3 is 4.90 Å². The number of tetrazole rings is 1. The van der Waals surface area contributed by atoms with Crippen molar-refractivity contribution in [3.05, 3.63) is 58.3 Å². The van der Waals surface area contributed by atoms with Crippen LogP contribution >= 0.6 is 11.3 Å². The number of nitrogens with zero attached hydrogens (tertiary/aromatic N) is 6. The van der Waals surface area contributed by atoms with Crippen LogP contribution in [0, 0.1) is 11.7 Å². The summed E-state index contributed by atoms with van der Waals surface area (Å²) >= 11 is 1.73. The molecule has 1 aliphatic heterocycles. The van der Waals surface area contributed by atoms with Crippen LogP contribution in [0.5, 0.6) is 0 Å². The van der Waals surface area contributed by atoms with Crippen LogP contribution in [0.15, 0.2) is 41.8 Å². The number of hydrogen-bond donors (Lipinski definition) is 0. The van der Waals surface area contributed by atoms with Crippen molar-refractivity contribution in [2.45, 2.75) is 32.9 Å². The molecule has 29 heavy (non-hydrogen) atoms. The molecule has 154 valence electrons. The van der Waals surface area contributed by atoms with Crippen molar-refractivity contribution in [3.63, 3.8) is 0 Å². The minimum absolute atomic E-state index is 0.193. The second-order valence-corrected chi connectivity index (χ2v) is 8.95. The number of hydrogen-bond acceptors (Lipinski definition) is 6. The molecule has 0 aliphatic carbocycles. The lowest BCUT2D eigenvalue weighted by Gasteiger charge is -2.40. The minimum Gasteiger partial charge on any atom is -0.369 e. The molecule has 8 heteroatoms. The molecule has 1 saturated heterocycles. The van der Waals surface area contributed by atoms with Gasteiger partial charge in [0.15, 0.2) is 5.82 Å². The van der Waals surface area contributed by atoms with Crippen molar-refractivity contribution in [2.24, 2.45) is 5.92 Å². The summed E-state index contributed by atoms with van der Waals surface area (Å²) in [5.41, 5.74) is 1.08. The van der Waals surface area contributed by atoms with Gasteiger partial charge in [-0.2, -0.15) is 0 Å². The number of thiophene rings is 1. The van der Waals surface area contributed by atoms with Gasteiger partial charge in [-0.3, -0.25) is 4.90 Å². The van der Waals surface area contributed by atoms with Crippen molar-refractivity contribution in [1.82, 2.24) is 25.1 Å². The Bertz CT molecular complexity index is 884. The fourth-order valence-electron chi connectivity index (χ4n) is 3.92. The van der Waals surface area contributed by atoms with E-state index in [9.17, 15) is 4.39 Å². The number of rotatable bonds is 7. The van der Waals surface area contributed by atoms with Crippen molar-refractivity contribution in [1.29, 1.82) is 0 Å². The third kappa shape index (κ3) is 4.82. The van der Waals surface area contributed by atoms with Gasteiger partial charge in [-0.1, -0.05) is 19.9 Å². The van der Waals surface area contributed by atoms with E-state index in [-0.39, 0.29) is 11.9 Å². The topological polar surface area (TPSA) is 50.1 Å². The average molecular weight is 415 g/mol. The van der Waals surface area contributed by atoms with E-state index in [2.05, 4.69) is 56.7 Å². The molecule has 1 aromatic carbocycles. The van der Waals surface area contributed by atoms with Gasteiger partial charge in [0.2, 0.25) is 0 Å². The third-order valence-corrected chi connectivity index (χ3v) is 6.25. The standard InChI is InChI=1S/C21H27FN6S/c1-16(2)14-20(21-23-24-25-28(21)15-19-4-3-13-29-19)27-11-9-26(10-12-27)18-7-5-17(22)6-8-18/h3-8,13,16,20H,9-12,14-15H2,1-2H3. The number of piperazine rings is 1. The molecule has 0 spiro atoms. The molecule has 1 aliphatic rings. The molecule has 0 saturated carbocycles. The predicted octanol–water partition coefficient (Wildman–Crippen LogP) is 3.83. The van der Waals surface area contributed by atoms with Crippen LogP contribution in [-0.4, -0.2) is 51.3 Å². The summed E-state index contributed by atoms with van der Waals surface area (Å²) in [6.45, 7) is 8.88. The highest BCUT2D eigenvalue weighted by Crippen LogP contribution is 2.29. The molecule has 1 fully saturated rings. The van der Waals surface area contributed by atoms with E-state index >= 15 is 0 Å². The highest BCUT2D eigenvalue weighted by Gasteiger charge is 2.30. The smallest absolute Gasteiger partial charge is 0.168 e. The van der Waals surface area contributed by atoms with Crippen LogP contribution in [0.25, 0.3) is 0 Å². The SMILES string of the molecule is CC(C)CC(c1nnnn1Cc1cccs1)N1CCN(c2ccc(F)cc2)CC1. The second kappa shape index (κ2) is 9.00. The molecule has 0 N–H and O–H groups in total. The van der Waals surface area contributed by atoms with E-state index in [1.165, 1.54) is 17.0 Å². The fraction of sp³-hybridized carbons (Fsp3) is 0.476. The van der Waals surface area contributed by atoms with E-state index in [1.807, 2.05) is 16.8 Å². The zero-order valence-electron chi connectivity index (χ0n) is 16.9. The first-order valence-electron chi connectivity index (χ1n) is 10.1. The molecular formula is C21H27FN6S. The highest BCUT2D eigenvalue weighted by atomic mass is 32.1. The zero-order valence-corrected chi connectivity index (χ0v) is 17.7. The van der Waals surface area contributed by atoms with Crippen molar-refractivity contribution >= 4 is 17.0 Å². The minimum atomic E-state index is -0.193. The molecule has 2 aromatic heterocycles. The first kappa shape index (κ1) is 20.0. The summed E-state index contributed by atoms with van der Waals surface area (Å²) in [5, 5.41) is 14.8. The first-order valence-corrected chi connectivity index (χ1v) is 11.0. The molecule has 1 unspecified atom stereocenters. The molecular weight excluding hydrogens is 387 g/mol. The Hall–Kier alpha value is -2.32. The molecule has 0 amide bonds. The van der Waals surface area contributed by atoms with Crippen molar-refractivity contribution in [2.75, 3.05) is 31.1 Å². The van der Waals surface area contributed by atoms with Crippen LogP contribution in [0.1, 0.15) is 37.0 Å². The summed E-state index contributed by atoms with van der Waals surface area (Å²) in [4.78, 5) is 6.07. The zero-order chi connectivity index (χ0) is 20.2. The van der Waals surface area contributed by atoms with Gasteiger partial charge in [-0.15, -0.1) is 16.4 Å². The lowest BCUT2D eigenvalue weighted by atomic mass is 10.0. The molecule has 6 nitrogen and oxygen atoms in total. The van der Waals surface area contributed by atoms with E-state index < -0.39 is 0 Å². The average Bonchev–Trinajstić information content (AvgIpc) is 3.39. The van der Waals surface area contributed by atoms with Crippen LogP contribution in [-0.2, 0) is 6.54 Å². The Morgan fingerprint density at radius 2 is 1.83 bits per heavy atom. The van der Waals surface area contributed by atoms with E-state index in [4.69, 9.17) is 0 Å². The Labute approximate surface area is 174 Å². The van der Waals surface area contributed by atoms with Gasteiger partial charge in [0.05, 0.1) is 12.6 Å². The summed E-state index contributed by atoms with van der Waals surface area (Å²) in [7, 11) is 0. The quantitative estimate of drug-likeness (QED) is 0.588. The van der Waals surface area contributed by atoms with Crippen molar-refractivity contribution < 1.29 is 4.39 Å². The van der Waals surface area contributed by atoms with Crippen LogP contribution < -0.4 is 4.90 Å². The van der Waals surface area contributed by atoms with Gasteiger partial charge >= 0.3 is 0 Å². The number of benzene rings is 1. The summed E-state index contributed by atoms with van der Waals surface area (Å²) in [6.07, 6.45) is 1.02. The van der Waals surface area contributed by atoms with Gasteiger partial charge in [0.1, 0.15) is 5.82 Å². The number of aromatic nitrogens is 4. The molecule has 1 atom stereocenters. The van der Waals surface area contributed by atoms with E-state index in [1.54, 1.807) is 11.3 Å². The first-order chi connectivity index (χ1) is 14.1. The Balaban J connectivity index is 1.48. The maximum atomic E-state index is 13.2. The lowest BCUT2D eigenvalue weighted by molar-refractivity contribution is 0.153. The van der Waals surface area contributed by atoms with Crippen LogP contribution in [0.3, 0.4) is 0 Å². The van der Waals surface area contributed by atoms with Crippen LogP contribution in [0.4, 0.5) is 10.1 Å². The maximum absolute atomic E-state index is 13.2. The monoisotopic (exact) mass is 414 g/mol. The fourth-order valence-corrected chi connectivity index (χ4v) is 4.61. The normalized spacial score (nSPS) is 16.5. The van der Waals surface area contributed by atoms with E-state index in [0.29, 0.717) is 12.5 Å². The van der Waals surface area contributed by atoms with Gasteiger partial charge in [-0.05, 0) is 58.5 Å². The molecule has 0 radical (unpaired) electrons. The molecule has 4 rings (SSSR count). The molecule has 3 heterocycles.